The van der Waals surface area contributed by atoms with Crippen LogP contribution in [0.2, 0.25) is 0 Å². The molecule has 0 bridgehead atoms. The van der Waals surface area contributed by atoms with Gasteiger partial charge in [0.25, 0.3) is 0 Å². The summed E-state index contributed by atoms with van der Waals surface area (Å²) < 4.78 is 0. The highest BCUT2D eigenvalue weighted by Crippen LogP contribution is 2.38. The highest BCUT2D eigenvalue weighted by atomic mass is 16.2. The van der Waals surface area contributed by atoms with E-state index in [1.54, 1.807) is 0 Å². The van der Waals surface area contributed by atoms with Crippen LogP contribution in [0.1, 0.15) is 23.1 Å². The van der Waals surface area contributed by atoms with E-state index in [0.717, 1.165) is 17.5 Å². The lowest BCUT2D eigenvalue weighted by Gasteiger charge is -2.08. The molecule has 1 saturated carbocycles. The molecule has 0 aliphatic heterocycles. The van der Waals surface area contributed by atoms with Crippen molar-refractivity contribution in [2.24, 2.45) is 11.8 Å². The molecule has 2 unspecified atom stereocenters. The van der Waals surface area contributed by atoms with Crippen LogP contribution in [-0.4, -0.2) is 18.4 Å². The molecule has 130 valence electrons. The molecule has 3 rings (SSSR count). The summed E-state index contributed by atoms with van der Waals surface area (Å²) in [5, 5.41) is 5.89. The number of rotatable bonds is 7. The highest BCUT2D eigenvalue weighted by Gasteiger charge is 2.47. The largest absolute Gasteiger partial charge is 0.356 e. The fraction of sp³-hybridized carbons (Fsp3) is 0.333. The van der Waals surface area contributed by atoms with E-state index in [1.807, 2.05) is 61.5 Å². The molecule has 2 amide bonds. The third-order valence-electron chi connectivity index (χ3n) is 4.73. The van der Waals surface area contributed by atoms with Crippen LogP contribution in [0.5, 0.6) is 0 Å². The molecular weight excluding hydrogens is 312 g/mol. The first-order chi connectivity index (χ1) is 12.1. The normalized spacial score (nSPS) is 18.4. The monoisotopic (exact) mass is 336 g/mol. The second-order valence-electron chi connectivity index (χ2n) is 6.62. The number of hydrogen-bond acceptors (Lipinski definition) is 2. The molecule has 1 aliphatic carbocycles. The van der Waals surface area contributed by atoms with Gasteiger partial charge in [-0.3, -0.25) is 9.59 Å². The van der Waals surface area contributed by atoms with E-state index in [4.69, 9.17) is 0 Å². The Bertz CT molecular complexity index is 743. The maximum absolute atomic E-state index is 12.2. The molecule has 0 spiro atoms. The minimum absolute atomic E-state index is 0.00743. The van der Waals surface area contributed by atoms with Gasteiger partial charge in [-0.15, -0.1) is 0 Å². The summed E-state index contributed by atoms with van der Waals surface area (Å²) >= 11 is 0. The predicted octanol–water partition coefficient (Wildman–Crippen LogP) is 2.61. The maximum Gasteiger partial charge on any atom is 0.224 e. The average Bonchev–Trinajstić information content (AvgIpc) is 3.43. The third-order valence-corrected chi connectivity index (χ3v) is 4.73. The molecule has 25 heavy (non-hydrogen) atoms. The van der Waals surface area contributed by atoms with E-state index >= 15 is 0 Å². The second-order valence-corrected chi connectivity index (χ2v) is 6.62. The number of nitrogens with one attached hydrogen (secondary N) is 2. The van der Waals surface area contributed by atoms with E-state index in [-0.39, 0.29) is 23.7 Å². The van der Waals surface area contributed by atoms with Crippen molar-refractivity contribution >= 4 is 11.8 Å². The average molecular weight is 336 g/mol. The van der Waals surface area contributed by atoms with E-state index in [1.165, 1.54) is 5.56 Å². The van der Waals surface area contributed by atoms with Crippen LogP contribution in [-0.2, 0) is 22.6 Å². The Kier molecular flexibility index (Phi) is 5.49. The van der Waals surface area contributed by atoms with Gasteiger partial charge in [-0.25, -0.2) is 0 Å². The Hall–Kier alpha value is -2.62. The fourth-order valence-corrected chi connectivity index (χ4v) is 3.00. The number of amides is 2. The molecule has 2 aromatic rings. The molecular formula is C21H24N2O2. The Balaban J connectivity index is 1.38. The smallest absolute Gasteiger partial charge is 0.224 e. The lowest BCUT2D eigenvalue weighted by Crippen LogP contribution is -2.31. The van der Waals surface area contributed by atoms with E-state index in [2.05, 4.69) is 10.6 Å². The highest BCUT2D eigenvalue weighted by molar-refractivity contribution is 5.92. The van der Waals surface area contributed by atoms with Crippen LogP contribution in [0, 0.1) is 18.8 Å². The molecule has 1 aliphatic rings. The van der Waals surface area contributed by atoms with Crippen molar-refractivity contribution in [1.29, 1.82) is 0 Å². The molecule has 1 fully saturated rings. The Morgan fingerprint density at radius 1 is 0.920 bits per heavy atom. The lowest BCUT2D eigenvalue weighted by atomic mass is 10.1. The summed E-state index contributed by atoms with van der Waals surface area (Å²) in [4.78, 5) is 24.4. The van der Waals surface area contributed by atoms with Crippen LogP contribution in [0.15, 0.2) is 54.6 Å². The van der Waals surface area contributed by atoms with Gasteiger partial charge in [0.2, 0.25) is 11.8 Å². The van der Waals surface area contributed by atoms with Crippen molar-refractivity contribution in [2.45, 2.75) is 26.3 Å². The molecule has 2 atom stereocenters. The molecule has 0 radical (unpaired) electrons. The number of carbonyl (C=O) groups is 2. The summed E-state index contributed by atoms with van der Waals surface area (Å²) in [5.74, 6) is -0.383. The Morgan fingerprint density at radius 3 is 2.28 bits per heavy atom. The van der Waals surface area contributed by atoms with E-state index < -0.39 is 0 Å². The Morgan fingerprint density at radius 2 is 1.56 bits per heavy atom. The molecule has 2 N–H and O–H groups in total. The first kappa shape index (κ1) is 17.2. The van der Waals surface area contributed by atoms with Gasteiger partial charge >= 0.3 is 0 Å². The van der Waals surface area contributed by atoms with Crippen molar-refractivity contribution in [3.8, 4) is 0 Å². The lowest BCUT2D eigenvalue weighted by molar-refractivity contribution is -0.127. The first-order valence-electron chi connectivity index (χ1n) is 8.79. The molecule has 0 aromatic heterocycles. The molecule has 0 heterocycles. The van der Waals surface area contributed by atoms with Crippen molar-refractivity contribution in [3.63, 3.8) is 0 Å². The zero-order chi connectivity index (χ0) is 17.6. The van der Waals surface area contributed by atoms with Gasteiger partial charge in [-0.2, -0.15) is 0 Å². The van der Waals surface area contributed by atoms with Gasteiger partial charge < -0.3 is 10.6 Å². The van der Waals surface area contributed by atoms with Gasteiger partial charge in [-0.1, -0.05) is 54.6 Å². The van der Waals surface area contributed by atoms with Crippen molar-refractivity contribution in [3.05, 3.63) is 71.3 Å². The van der Waals surface area contributed by atoms with Crippen LogP contribution in [0.3, 0.4) is 0 Å². The molecule has 2 aromatic carbocycles. The van der Waals surface area contributed by atoms with Gasteiger partial charge in [-0.05, 0) is 36.5 Å². The van der Waals surface area contributed by atoms with Gasteiger partial charge in [0.05, 0.1) is 11.8 Å². The minimum atomic E-state index is -0.180. The summed E-state index contributed by atoms with van der Waals surface area (Å²) in [6.07, 6.45) is 1.46. The van der Waals surface area contributed by atoms with E-state index in [0.29, 0.717) is 19.5 Å². The standard InChI is InChI=1S/C21H24N2O2/c1-15-7-5-6-10-17(15)14-23-21(25)19-13-18(19)20(24)22-12-11-16-8-3-2-4-9-16/h2-10,18-19H,11-14H2,1H3,(H,22,24)(H,23,25). The zero-order valence-corrected chi connectivity index (χ0v) is 14.5. The molecule has 4 nitrogen and oxygen atoms in total. The van der Waals surface area contributed by atoms with Crippen molar-refractivity contribution in [1.82, 2.24) is 10.6 Å². The maximum atomic E-state index is 12.2. The first-order valence-corrected chi connectivity index (χ1v) is 8.79. The number of benzene rings is 2. The third kappa shape index (κ3) is 4.69. The fourth-order valence-electron chi connectivity index (χ4n) is 3.00. The van der Waals surface area contributed by atoms with Gasteiger partial charge in [0, 0.05) is 13.1 Å². The summed E-state index contributed by atoms with van der Waals surface area (Å²) in [7, 11) is 0. The van der Waals surface area contributed by atoms with E-state index in [9.17, 15) is 9.59 Å². The van der Waals surface area contributed by atoms with Crippen LogP contribution in [0.25, 0.3) is 0 Å². The topological polar surface area (TPSA) is 58.2 Å². The summed E-state index contributed by atoms with van der Waals surface area (Å²) in [5.41, 5.74) is 3.47. The molecule has 0 saturated heterocycles. The van der Waals surface area contributed by atoms with Crippen LogP contribution in [0.4, 0.5) is 0 Å². The molecule has 4 heteroatoms. The SMILES string of the molecule is Cc1ccccc1CNC(=O)C1CC1C(=O)NCCc1ccccc1. The predicted molar refractivity (Wildman–Crippen MR) is 97.8 cm³/mol. The van der Waals surface area contributed by atoms with Gasteiger partial charge in [0.1, 0.15) is 0 Å². The number of carbonyl (C=O) groups excluding carboxylic acids is 2. The quantitative estimate of drug-likeness (QED) is 0.816. The van der Waals surface area contributed by atoms with Crippen LogP contribution >= 0.6 is 0 Å². The Labute approximate surface area is 148 Å². The van der Waals surface area contributed by atoms with Crippen molar-refractivity contribution < 1.29 is 9.59 Å². The zero-order valence-electron chi connectivity index (χ0n) is 14.5. The van der Waals surface area contributed by atoms with Crippen LogP contribution < -0.4 is 10.6 Å². The number of aryl methyl sites for hydroxylation is 1. The summed E-state index contributed by atoms with van der Waals surface area (Å²) in [6, 6.07) is 18.0. The minimum Gasteiger partial charge on any atom is -0.356 e. The number of hydrogen-bond donors (Lipinski definition) is 2. The summed E-state index contributed by atoms with van der Waals surface area (Å²) in [6.45, 7) is 3.16. The second kappa shape index (κ2) is 7.97. The van der Waals surface area contributed by atoms with Gasteiger partial charge in [0.15, 0.2) is 0 Å². The van der Waals surface area contributed by atoms with Crippen molar-refractivity contribution in [2.75, 3.05) is 6.54 Å².